The highest BCUT2D eigenvalue weighted by Gasteiger charge is 2.14. The average molecular weight is 225 g/mol. The number of nitrogen functional groups attached to an aromatic ring is 1. The summed E-state index contributed by atoms with van der Waals surface area (Å²) in [5.41, 5.74) is 5.37. The van der Waals surface area contributed by atoms with E-state index in [4.69, 9.17) is 5.73 Å². The van der Waals surface area contributed by atoms with Crippen molar-refractivity contribution in [3.63, 3.8) is 0 Å². The van der Waals surface area contributed by atoms with Crippen LogP contribution in [0.4, 0.5) is 23.2 Å². The van der Waals surface area contributed by atoms with E-state index >= 15 is 0 Å². The van der Waals surface area contributed by atoms with Crippen molar-refractivity contribution in [3.8, 4) is 11.5 Å². The molecule has 0 aliphatic carbocycles. The van der Waals surface area contributed by atoms with Crippen LogP contribution < -0.4 is 15.2 Å². The van der Waals surface area contributed by atoms with Crippen LogP contribution in [0, 0.1) is 0 Å². The largest absolute Gasteiger partial charge is 0.431 e. The lowest BCUT2D eigenvalue weighted by molar-refractivity contribution is -0.0691. The van der Waals surface area contributed by atoms with Gasteiger partial charge in [-0.05, 0) is 12.1 Å². The van der Waals surface area contributed by atoms with Gasteiger partial charge >= 0.3 is 13.2 Å². The van der Waals surface area contributed by atoms with Crippen LogP contribution in [-0.2, 0) is 0 Å². The summed E-state index contributed by atoms with van der Waals surface area (Å²) in [6, 6.07) is 3.24. The first-order valence-corrected chi connectivity index (χ1v) is 3.78. The van der Waals surface area contributed by atoms with Crippen molar-refractivity contribution >= 4 is 5.69 Å². The predicted molar refractivity (Wildman–Crippen MR) is 44.1 cm³/mol. The van der Waals surface area contributed by atoms with E-state index in [1.54, 1.807) is 0 Å². The van der Waals surface area contributed by atoms with Gasteiger partial charge in [0.15, 0.2) is 11.5 Å². The number of benzene rings is 1. The molecular weight excluding hydrogens is 218 g/mol. The van der Waals surface area contributed by atoms with Crippen LogP contribution in [0.3, 0.4) is 0 Å². The highest BCUT2D eigenvalue weighted by molar-refractivity contribution is 5.51. The topological polar surface area (TPSA) is 44.5 Å². The molecule has 0 fully saturated rings. The normalized spacial score (nSPS) is 10.8. The molecule has 0 radical (unpaired) electrons. The average Bonchev–Trinajstić information content (AvgIpc) is 2.08. The second kappa shape index (κ2) is 4.72. The number of halogens is 4. The van der Waals surface area contributed by atoms with E-state index in [0.29, 0.717) is 0 Å². The third kappa shape index (κ3) is 3.53. The summed E-state index contributed by atoms with van der Waals surface area (Å²) in [4.78, 5) is 0. The molecule has 0 atom stereocenters. The Morgan fingerprint density at radius 2 is 1.47 bits per heavy atom. The molecule has 0 aliphatic rings. The Morgan fingerprint density at radius 1 is 0.933 bits per heavy atom. The van der Waals surface area contributed by atoms with Crippen molar-refractivity contribution in [1.82, 2.24) is 0 Å². The van der Waals surface area contributed by atoms with Gasteiger partial charge in [-0.2, -0.15) is 17.6 Å². The fourth-order valence-corrected chi connectivity index (χ4v) is 0.906. The second-order valence-corrected chi connectivity index (χ2v) is 2.46. The Hall–Kier alpha value is -1.66. The Labute approximate surface area is 82.4 Å². The molecule has 0 aliphatic heterocycles. The molecule has 3 nitrogen and oxygen atoms in total. The third-order valence-electron chi connectivity index (χ3n) is 1.40. The number of nitrogens with two attached hydrogens (primary N) is 1. The van der Waals surface area contributed by atoms with Crippen LogP contribution in [0.15, 0.2) is 18.2 Å². The van der Waals surface area contributed by atoms with Crippen LogP contribution in [0.5, 0.6) is 11.5 Å². The third-order valence-corrected chi connectivity index (χ3v) is 1.40. The zero-order valence-electron chi connectivity index (χ0n) is 7.29. The van der Waals surface area contributed by atoms with Gasteiger partial charge in [0, 0.05) is 11.8 Å². The predicted octanol–water partition coefficient (Wildman–Crippen LogP) is 2.47. The maximum Gasteiger partial charge on any atom is 0.387 e. The second-order valence-electron chi connectivity index (χ2n) is 2.46. The monoisotopic (exact) mass is 225 g/mol. The quantitative estimate of drug-likeness (QED) is 0.632. The molecular formula is C8H7F4NO2. The fourth-order valence-electron chi connectivity index (χ4n) is 0.906. The van der Waals surface area contributed by atoms with E-state index in [2.05, 4.69) is 9.47 Å². The molecule has 2 N–H and O–H groups in total. The molecule has 1 aromatic carbocycles. The maximum absolute atomic E-state index is 11.9. The minimum atomic E-state index is -3.13. The summed E-state index contributed by atoms with van der Waals surface area (Å²) in [6.07, 6.45) is 0. The van der Waals surface area contributed by atoms with Crippen LogP contribution in [0.25, 0.3) is 0 Å². The van der Waals surface area contributed by atoms with Crippen LogP contribution in [0.2, 0.25) is 0 Å². The molecule has 84 valence electrons. The van der Waals surface area contributed by atoms with Gasteiger partial charge in [0.2, 0.25) is 0 Å². The molecule has 0 unspecified atom stereocenters. The van der Waals surface area contributed by atoms with Gasteiger partial charge in [-0.1, -0.05) is 0 Å². The Balaban J connectivity index is 2.92. The zero-order chi connectivity index (χ0) is 11.4. The minimum Gasteiger partial charge on any atom is -0.431 e. The molecule has 0 saturated heterocycles. The van der Waals surface area contributed by atoms with Crippen molar-refractivity contribution < 1.29 is 27.0 Å². The SMILES string of the molecule is Nc1ccc(OC(F)F)c(OC(F)F)c1. The van der Waals surface area contributed by atoms with Gasteiger partial charge in [0.25, 0.3) is 0 Å². The van der Waals surface area contributed by atoms with Crippen LogP contribution in [-0.4, -0.2) is 13.2 Å². The fraction of sp³-hybridized carbons (Fsp3) is 0.250. The number of alkyl halides is 4. The number of ether oxygens (including phenoxy) is 2. The molecule has 1 aromatic rings. The van der Waals surface area contributed by atoms with Gasteiger partial charge in [0.1, 0.15) is 0 Å². The lowest BCUT2D eigenvalue weighted by Crippen LogP contribution is -2.07. The number of hydrogen-bond donors (Lipinski definition) is 1. The molecule has 0 bridgehead atoms. The van der Waals surface area contributed by atoms with Gasteiger partial charge < -0.3 is 15.2 Å². The number of rotatable bonds is 4. The molecule has 7 heteroatoms. The first-order chi connectivity index (χ1) is 6.99. The van der Waals surface area contributed by atoms with Crippen molar-refractivity contribution in [2.45, 2.75) is 13.2 Å². The molecule has 0 heterocycles. The van der Waals surface area contributed by atoms with E-state index in [0.717, 1.165) is 12.1 Å². The molecule has 0 aromatic heterocycles. The van der Waals surface area contributed by atoms with Crippen LogP contribution >= 0.6 is 0 Å². The van der Waals surface area contributed by atoms with E-state index in [9.17, 15) is 17.6 Å². The first kappa shape index (κ1) is 11.4. The number of anilines is 1. The summed E-state index contributed by atoms with van der Waals surface area (Å²) in [7, 11) is 0. The molecule has 0 saturated carbocycles. The summed E-state index contributed by atoms with van der Waals surface area (Å²) in [6.45, 7) is -6.25. The Kier molecular flexibility index (Phi) is 3.59. The minimum absolute atomic E-state index is 0.104. The highest BCUT2D eigenvalue weighted by atomic mass is 19.3. The van der Waals surface area contributed by atoms with Crippen molar-refractivity contribution in [3.05, 3.63) is 18.2 Å². The van der Waals surface area contributed by atoms with Crippen molar-refractivity contribution in [2.24, 2.45) is 0 Å². The van der Waals surface area contributed by atoms with Crippen LogP contribution in [0.1, 0.15) is 0 Å². The lowest BCUT2D eigenvalue weighted by atomic mass is 10.3. The van der Waals surface area contributed by atoms with Gasteiger partial charge in [-0.15, -0.1) is 0 Å². The van der Waals surface area contributed by atoms with Gasteiger partial charge in [-0.25, -0.2) is 0 Å². The summed E-state index contributed by atoms with van der Waals surface area (Å²) < 4.78 is 55.3. The molecule has 0 amide bonds. The Bertz CT molecular complexity index is 332. The number of hydrogen-bond acceptors (Lipinski definition) is 3. The van der Waals surface area contributed by atoms with E-state index in [-0.39, 0.29) is 5.69 Å². The summed E-state index contributed by atoms with van der Waals surface area (Å²) >= 11 is 0. The standard InChI is InChI=1S/C8H7F4NO2/c9-7(10)14-5-2-1-4(13)3-6(5)15-8(11)12/h1-3,7-8H,13H2. The van der Waals surface area contributed by atoms with E-state index in [1.807, 2.05) is 0 Å². The van der Waals surface area contributed by atoms with Crippen molar-refractivity contribution in [1.29, 1.82) is 0 Å². The smallest absolute Gasteiger partial charge is 0.387 e. The van der Waals surface area contributed by atoms with E-state index in [1.165, 1.54) is 6.07 Å². The summed E-state index contributed by atoms with van der Waals surface area (Å²) in [5.74, 6) is -1.01. The van der Waals surface area contributed by atoms with Crippen molar-refractivity contribution in [2.75, 3.05) is 5.73 Å². The summed E-state index contributed by atoms with van der Waals surface area (Å²) in [5, 5.41) is 0. The van der Waals surface area contributed by atoms with Gasteiger partial charge in [-0.3, -0.25) is 0 Å². The zero-order valence-corrected chi connectivity index (χ0v) is 7.29. The molecule has 1 rings (SSSR count). The van der Waals surface area contributed by atoms with E-state index < -0.39 is 24.7 Å². The lowest BCUT2D eigenvalue weighted by Gasteiger charge is -2.11. The van der Waals surface area contributed by atoms with Gasteiger partial charge in [0.05, 0.1) is 0 Å². The maximum atomic E-state index is 11.9. The highest BCUT2D eigenvalue weighted by Crippen LogP contribution is 2.31. The Morgan fingerprint density at radius 3 is 2.00 bits per heavy atom. The molecule has 15 heavy (non-hydrogen) atoms. The molecule has 0 spiro atoms. The first-order valence-electron chi connectivity index (χ1n) is 3.78.